The third kappa shape index (κ3) is 1.98. The van der Waals surface area contributed by atoms with E-state index in [9.17, 15) is 4.79 Å². The molecular weight excluding hydrogens is 214 g/mol. The molecule has 0 saturated carbocycles. The number of carboxylic acids is 1. The summed E-state index contributed by atoms with van der Waals surface area (Å²) in [7, 11) is 0. The maximum Gasteiger partial charge on any atom is 0.306 e. The van der Waals surface area contributed by atoms with Crippen molar-refractivity contribution < 1.29 is 9.90 Å². The number of rotatable bonds is 1. The monoisotopic (exact) mass is 225 g/mol. The molecule has 0 aliphatic heterocycles. The van der Waals surface area contributed by atoms with Gasteiger partial charge < -0.3 is 10.8 Å². The summed E-state index contributed by atoms with van der Waals surface area (Å²) in [5.41, 5.74) is 7.91. The minimum atomic E-state index is -0.772. The first-order chi connectivity index (χ1) is 7.08. The van der Waals surface area contributed by atoms with Crippen LogP contribution in [0.1, 0.15) is 23.6 Å². The fourth-order valence-corrected chi connectivity index (χ4v) is 2.25. The van der Waals surface area contributed by atoms with E-state index >= 15 is 0 Å². The maximum atomic E-state index is 10.9. The molecule has 0 fully saturated rings. The summed E-state index contributed by atoms with van der Waals surface area (Å²) in [6.45, 7) is 0. The SMILES string of the molecule is N[C@@H]1C[C@H](C(=O)O)Cc2ccc(Cl)cc21. The third-order valence-corrected chi connectivity index (χ3v) is 3.10. The Morgan fingerprint density at radius 2 is 2.27 bits per heavy atom. The predicted molar refractivity (Wildman–Crippen MR) is 57.8 cm³/mol. The van der Waals surface area contributed by atoms with Crippen molar-refractivity contribution in [3.8, 4) is 0 Å². The van der Waals surface area contributed by atoms with Crippen molar-refractivity contribution in [2.45, 2.75) is 18.9 Å². The highest BCUT2D eigenvalue weighted by Gasteiger charge is 2.28. The van der Waals surface area contributed by atoms with E-state index < -0.39 is 5.97 Å². The smallest absolute Gasteiger partial charge is 0.306 e. The van der Waals surface area contributed by atoms with E-state index in [1.165, 1.54) is 0 Å². The Morgan fingerprint density at radius 3 is 2.93 bits per heavy atom. The molecule has 3 nitrogen and oxygen atoms in total. The molecule has 3 N–H and O–H groups in total. The molecule has 0 aromatic heterocycles. The standard InChI is InChI=1S/C11H12ClNO2/c12-8-2-1-6-3-7(11(14)15)4-10(13)9(6)5-8/h1-2,5,7,10H,3-4,13H2,(H,14,15)/t7-,10-/m1/s1. The van der Waals surface area contributed by atoms with Crippen molar-refractivity contribution in [1.29, 1.82) is 0 Å². The molecule has 0 amide bonds. The van der Waals surface area contributed by atoms with Crippen LogP contribution in [0.25, 0.3) is 0 Å². The quantitative estimate of drug-likeness (QED) is 0.768. The van der Waals surface area contributed by atoms with E-state index in [0.29, 0.717) is 17.9 Å². The molecule has 4 heteroatoms. The average Bonchev–Trinajstić information content (AvgIpc) is 2.18. The first-order valence-electron chi connectivity index (χ1n) is 4.84. The largest absolute Gasteiger partial charge is 0.481 e. The number of carboxylic acid groups (broad SMARTS) is 1. The topological polar surface area (TPSA) is 63.3 Å². The van der Waals surface area contributed by atoms with Crippen LogP contribution < -0.4 is 5.73 Å². The van der Waals surface area contributed by atoms with Crippen LogP contribution in [0.15, 0.2) is 18.2 Å². The van der Waals surface area contributed by atoms with Gasteiger partial charge in [0.05, 0.1) is 5.92 Å². The second kappa shape index (κ2) is 3.83. The van der Waals surface area contributed by atoms with E-state index in [1.54, 1.807) is 6.07 Å². The highest BCUT2D eigenvalue weighted by Crippen LogP contribution is 2.33. The van der Waals surface area contributed by atoms with Gasteiger partial charge in [0.2, 0.25) is 0 Å². The molecule has 0 bridgehead atoms. The minimum absolute atomic E-state index is 0.214. The van der Waals surface area contributed by atoms with Gasteiger partial charge in [0.1, 0.15) is 0 Å². The molecule has 2 atom stereocenters. The second-order valence-electron chi connectivity index (χ2n) is 3.92. The zero-order chi connectivity index (χ0) is 11.0. The number of hydrogen-bond acceptors (Lipinski definition) is 2. The van der Waals surface area contributed by atoms with Gasteiger partial charge in [-0.2, -0.15) is 0 Å². The number of carbonyl (C=O) groups is 1. The number of benzene rings is 1. The van der Waals surface area contributed by atoms with Crippen LogP contribution in [0.2, 0.25) is 5.02 Å². The van der Waals surface area contributed by atoms with Crippen LogP contribution in [0, 0.1) is 5.92 Å². The van der Waals surface area contributed by atoms with Gasteiger partial charge in [0.15, 0.2) is 0 Å². The van der Waals surface area contributed by atoms with Gasteiger partial charge in [-0.05, 0) is 36.1 Å². The summed E-state index contributed by atoms with van der Waals surface area (Å²) in [6.07, 6.45) is 1.04. The van der Waals surface area contributed by atoms with E-state index in [-0.39, 0.29) is 12.0 Å². The molecule has 0 radical (unpaired) electrons. The molecule has 1 aromatic carbocycles. The summed E-state index contributed by atoms with van der Waals surface area (Å²) < 4.78 is 0. The van der Waals surface area contributed by atoms with Gasteiger partial charge in [0.25, 0.3) is 0 Å². The van der Waals surface area contributed by atoms with Crippen LogP contribution in [0.3, 0.4) is 0 Å². The van der Waals surface area contributed by atoms with Crippen molar-refractivity contribution in [3.05, 3.63) is 34.3 Å². The van der Waals surface area contributed by atoms with Gasteiger partial charge >= 0.3 is 5.97 Å². The third-order valence-electron chi connectivity index (χ3n) is 2.86. The molecule has 1 aliphatic carbocycles. The lowest BCUT2D eigenvalue weighted by Gasteiger charge is -2.27. The van der Waals surface area contributed by atoms with Crippen molar-refractivity contribution in [2.24, 2.45) is 11.7 Å². The second-order valence-corrected chi connectivity index (χ2v) is 4.36. The number of hydrogen-bond donors (Lipinski definition) is 2. The Morgan fingerprint density at radius 1 is 1.53 bits per heavy atom. The van der Waals surface area contributed by atoms with Crippen LogP contribution in [-0.4, -0.2) is 11.1 Å². The van der Waals surface area contributed by atoms with E-state index in [4.69, 9.17) is 22.4 Å². The summed E-state index contributed by atoms with van der Waals surface area (Å²) >= 11 is 5.87. The maximum absolute atomic E-state index is 10.9. The van der Waals surface area contributed by atoms with Gasteiger partial charge in [-0.25, -0.2) is 0 Å². The lowest BCUT2D eigenvalue weighted by Crippen LogP contribution is -2.28. The fraction of sp³-hybridized carbons (Fsp3) is 0.364. The lowest BCUT2D eigenvalue weighted by atomic mass is 9.81. The molecule has 0 unspecified atom stereocenters. The molecular formula is C11H12ClNO2. The van der Waals surface area contributed by atoms with Crippen molar-refractivity contribution in [2.75, 3.05) is 0 Å². The van der Waals surface area contributed by atoms with Crippen molar-refractivity contribution >= 4 is 17.6 Å². The Labute approximate surface area is 92.8 Å². The Kier molecular flexibility index (Phi) is 2.67. The number of aliphatic carboxylic acids is 1. The number of halogens is 1. The summed E-state index contributed by atoms with van der Waals surface area (Å²) in [4.78, 5) is 10.9. The van der Waals surface area contributed by atoms with Gasteiger partial charge in [-0.1, -0.05) is 17.7 Å². The normalized spacial score (nSPS) is 24.7. The van der Waals surface area contributed by atoms with Crippen LogP contribution >= 0.6 is 11.6 Å². The zero-order valence-electron chi connectivity index (χ0n) is 8.11. The van der Waals surface area contributed by atoms with Crippen molar-refractivity contribution in [1.82, 2.24) is 0 Å². The Balaban J connectivity index is 2.36. The highest BCUT2D eigenvalue weighted by molar-refractivity contribution is 6.30. The molecule has 80 valence electrons. The van der Waals surface area contributed by atoms with E-state index in [1.807, 2.05) is 12.1 Å². The zero-order valence-corrected chi connectivity index (χ0v) is 8.87. The Bertz CT molecular complexity index is 406. The molecule has 2 rings (SSSR count). The first kappa shape index (κ1) is 10.5. The van der Waals surface area contributed by atoms with E-state index in [2.05, 4.69) is 0 Å². The van der Waals surface area contributed by atoms with Crippen LogP contribution in [-0.2, 0) is 11.2 Å². The van der Waals surface area contributed by atoms with E-state index in [0.717, 1.165) is 11.1 Å². The molecule has 0 saturated heterocycles. The first-order valence-corrected chi connectivity index (χ1v) is 5.22. The van der Waals surface area contributed by atoms with Crippen LogP contribution in [0.5, 0.6) is 0 Å². The van der Waals surface area contributed by atoms with Crippen molar-refractivity contribution in [3.63, 3.8) is 0 Å². The highest BCUT2D eigenvalue weighted by atomic mass is 35.5. The average molecular weight is 226 g/mol. The minimum Gasteiger partial charge on any atom is -0.481 e. The summed E-state index contributed by atoms with van der Waals surface area (Å²) in [5.74, 6) is -1.14. The lowest BCUT2D eigenvalue weighted by molar-refractivity contribution is -0.142. The fourth-order valence-electron chi connectivity index (χ4n) is 2.07. The van der Waals surface area contributed by atoms with Crippen LogP contribution in [0.4, 0.5) is 0 Å². The molecule has 1 aliphatic rings. The van der Waals surface area contributed by atoms with Gasteiger partial charge in [-0.15, -0.1) is 0 Å². The van der Waals surface area contributed by atoms with Gasteiger partial charge in [-0.3, -0.25) is 4.79 Å². The number of nitrogens with two attached hydrogens (primary N) is 1. The molecule has 0 heterocycles. The Hall–Kier alpha value is -1.06. The van der Waals surface area contributed by atoms with Gasteiger partial charge in [0, 0.05) is 11.1 Å². The molecule has 0 spiro atoms. The summed E-state index contributed by atoms with van der Waals surface area (Å²) in [6, 6.07) is 5.26. The number of fused-ring (bicyclic) bond motifs is 1. The summed E-state index contributed by atoms with van der Waals surface area (Å²) in [5, 5.41) is 9.61. The molecule has 15 heavy (non-hydrogen) atoms. The predicted octanol–water partition coefficient (Wildman–Crippen LogP) is 1.99. The molecule has 1 aromatic rings.